The first-order valence-electron chi connectivity index (χ1n) is 5.13. The molecule has 0 aliphatic heterocycles. The van der Waals surface area contributed by atoms with E-state index in [-0.39, 0.29) is 12.5 Å². The molecule has 0 saturated carbocycles. The number of halogens is 1. The molecule has 0 radical (unpaired) electrons. The first kappa shape index (κ1) is 12.8. The highest BCUT2D eigenvalue weighted by Crippen LogP contribution is 2.22. The van der Waals surface area contributed by atoms with Gasteiger partial charge in [0.2, 0.25) is 0 Å². The van der Waals surface area contributed by atoms with E-state index in [9.17, 15) is 4.79 Å². The zero-order chi connectivity index (χ0) is 12.1. The van der Waals surface area contributed by atoms with E-state index in [1.54, 1.807) is 12.1 Å². The zero-order valence-corrected chi connectivity index (χ0v) is 10.1. The van der Waals surface area contributed by atoms with E-state index >= 15 is 0 Å². The summed E-state index contributed by atoms with van der Waals surface area (Å²) in [6.07, 6.45) is 0.502. The van der Waals surface area contributed by atoms with Crippen LogP contribution in [-0.2, 0) is 4.79 Å². The topological polar surface area (TPSA) is 46.5 Å². The summed E-state index contributed by atoms with van der Waals surface area (Å²) in [5, 5.41) is 9.24. The maximum Gasteiger partial charge on any atom is 0.303 e. The van der Waals surface area contributed by atoms with E-state index in [1.807, 2.05) is 19.9 Å². The lowest BCUT2D eigenvalue weighted by Gasteiger charge is -2.14. The minimum Gasteiger partial charge on any atom is -0.491 e. The average molecular weight is 243 g/mol. The second-order valence-corrected chi connectivity index (χ2v) is 4.18. The summed E-state index contributed by atoms with van der Waals surface area (Å²) >= 11 is 5.89. The van der Waals surface area contributed by atoms with Gasteiger partial charge in [-0.25, -0.2) is 0 Å². The molecule has 1 aromatic carbocycles. The number of hydrogen-bond acceptors (Lipinski definition) is 2. The van der Waals surface area contributed by atoms with E-state index < -0.39 is 5.97 Å². The number of aryl methyl sites for hydroxylation is 1. The Kier molecular flexibility index (Phi) is 4.62. The van der Waals surface area contributed by atoms with Crippen molar-refractivity contribution in [3.63, 3.8) is 0 Å². The molecule has 16 heavy (non-hydrogen) atoms. The number of benzene rings is 1. The van der Waals surface area contributed by atoms with Crippen molar-refractivity contribution in [1.29, 1.82) is 0 Å². The third kappa shape index (κ3) is 4.11. The van der Waals surface area contributed by atoms with Gasteiger partial charge in [-0.2, -0.15) is 0 Å². The minimum absolute atomic E-state index is 0.114. The summed E-state index contributed by atoms with van der Waals surface area (Å²) < 4.78 is 5.58. The first-order valence-corrected chi connectivity index (χ1v) is 5.51. The van der Waals surface area contributed by atoms with Crippen molar-refractivity contribution in [2.45, 2.75) is 32.8 Å². The van der Waals surface area contributed by atoms with Gasteiger partial charge in [0, 0.05) is 11.4 Å². The molecule has 1 rings (SSSR count). The summed E-state index contributed by atoms with van der Waals surface area (Å²) in [5.74, 6) is -0.0810. The number of rotatable bonds is 5. The molecule has 1 N–H and O–H groups in total. The maximum absolute atomic E-state index is 10.4. The molecule has 0 amide bonds. The van der Waals surface area contributed by atoms with Crippen LogP contribution in [0.25, 0.3) is 0 Å². The fraction of sp³-hybridized carbons (Fsp3) is 0.417. The lowest BCUT2D eigenvalue weighted by molar-refractivity contribution is -0.137. The molecule has 3 nitrogen and oxygen atoms in total. The molecule has 0 saturated heterocycles. The number of ether oxygens (including phenoxy) is 1. The fourth-order valence-electron chi connectivity index (χ4n) is 1.31. The van der Waals surface area contributed by atoms with Crippen LogP contribution in [0.15, 0.2) is 18.2 Å². The lowest BCUT2D eigenvalue weighted by Crippen LogP contribution is -2.13. The molecule has 0 aliphatic carbocycles. The van der Waals surface area contributed by atoms with Gasteiger partial charge in [-0.1, -0.05) is 11.6 Å². The normalized spacial score (nSPS) is 12.2. The maximum atomic E-state index is 10.4. The van der Waals surface area contributed by atoms with Crippen LogP contribution in [0, 0.1) is 6.92 Å². The Labute approximate surface area is 100.0 Å². The molecular weight excluding hydrogens is 228 g/mol. The van der Waals surface area contributed by atoms with Crippen LogP contribution in [0.3, 0.4) is 0 Å². The average Bonchev–Trinajstić information content (AvgIpc) is 2.21. The van der Waals surface area contributed by atoms with Gasteiger partial charge >= 0.3 is 5.97 Å². The highest BCUT2D eigenvalue weighted by Gasteiger charge is 2.07. The number of carboxylic acid groups (broad SMARTS) is 1. The summed E-state index contributed by atoms with van der Waals surface area (Å²) in [6, 6.07) is 5.41. The van der Waals surface area contributed by atoms with Crippen molar-refractivity contribution >= 4 is 17.6 Å². The summed E-state index contributed by atoms with van der Waals surface area (Å²) in [5.41, 5.74) is 0.949. The molecule has 0 aromatic heterocycles. The Morgan fingerprint density at radius 2 is 2.25 bits per heavy atom. The van der Waals surface area contributed by atoms with Crippen LogP contribution in [0.2, 0.25) is 5.02 Å². The summed E-state index contributed by atoms with van der Waals surface area (Å²) in [6.45, 7) is 3.75. The first-order chi connectivity index (χ1) is 7.49. The Balaban J connectivity index is 2.52. The van der Waals surface area contributed by atoms with E-state index in [2.05, 4.69) is 0 Å². The molecule has 0 heterocycles. The predicted molar refractivity (Wildman–Crippen MR) is 63.1 cm³/mol. The van der Waals surface area contributed by atoms with Crippen LogP contribution in [0.4, 0.5) is 0 Å². The van der Waals surface area contributed by atoms with Crippen molar-refractivity contribution in [3.05, 3.63) is 28.8 Å². The molecule has 0 aliphatic rings. The third-order valence-corrected chi connectivity index (χ3v) is 2.66. The Hall–Kier alpha value is -1.22. The standard InChI is InChI=1S/C12H15ClO3/c1-8-7-10(4-5-11(8)13)16-9(2)3-6-12(14)15/h4-5,7,9H,3,6H2,1-2H3,(H,14,15). The Bertz CT molecular complexity index is 377. The van der Waals surface area contributed by atoms with Crippen LogP contribution in [0.1, 0.15) is 25.3 Å². The summed E-state index contributed by atoms with van der Waals surface area (Å²) in [7, 11) is 0. The summed E-state index contributed by atoms with van der Waals surface area (Å²) in [4.78, 5) is 10.4. The Morgan fingerprint density at radius 1 is 1.56 bits per heavy atom. The largest absolute Gasteiger partial charge is 0.491 e. The van der Waals surface area contributed by atoms with Gasteiger partial charge in [-0.05, 0) is 44.0 Å². The molecule has 0 fully saturated rings. The monoisotopic (exact) mass is 242 g/mol. The lowest BCUT2D eigenvalue weighted by atomic mass is 10.2. The number of hydrogen-bond donors (Lipinski definition) is 1. The van der Waals surface area contributed by atoms with E-state index in [1.165, 1.54) is 0 Å². The minimum atomic E-state index is -0.803. The molecule has 1 unspecified atom stereocenters. The van der Waals surface area contributed by atoms with E-state index in [0.717, 1.165) is 11.3 Å². The Morgan fingerprint density at radius 3 is 2.81 bits per heavy atom. The molecular formula is C12H15ClO3. The van der Waals surface area contributed by atoms with Gasteiger partial charge in [0.15, 0.2) is 0 Å². The SMILES string of the molecule is Cc1cc(OC(C)CCC(=O)O)ccc1Cl. The van der Waals surface area contributed by atoms with Crippen molar-refractivity contribution in [1.82, 2.24) is 0 Å². The molecule has 1 aromatic rings. The molecule has 0 spiro atoms. The van der Waals surface area contributed by atoms with E-state index in [0.29, 0.717) is 11.4 Å². The number of carboxylic acids is 1. The quantitative estimate of drug-likeness (QED) is 0.862. The number of carbonyl (C=O) groups is 1. The fourth-order valence-corrected chi connectivity index (χ4v) is 1.43. The van der Waals surface area contributed by atoms with Crippen LogP contribution >= 0.6 is 11.6 Å². The second-order valence-electron chi connectivity index (χ2n) is 3.77. The molecule has 88 valence electrons. The van der Waals surface area contributed by atoms with Gasteiger partial charge in [0.05, 0.1) is 6.10 Å². The number of aliphatic carboxylic acids is 1. The van der Waals surface area contributed by atoms with Gasteiger partial charge in [-0.15, -0.1) is 0 Å². The third-order valence-electron chi connectivity index (χ3n) is 2.23. The zero-order valence-electron chi connectivity index (χ0n) is 9.37. The van der Waals surface area contributed by atoms with Gasteiger partial charge in [0.1, 0.15) is 5.75 Å². The van der Waals surface area contributed by atoms with Gasteiger partial charge in [-0.3, -0.25) is 4.79 Å². The molecule has 0 bridgehead atoms. The van der Waals surface area contributed by atoms with Crippen molar-refractivity contribution in [2.24, 2.45) is 0 Å². The second kappa shape index (κ2) is 5.75. The van der Waals surface area contributed by atoms with Crippen molar-refractivity contribution in [2.75, 3.05) is 0 Å². The smallest absolute Gasteiger partial charge is 0.303 e. The van der Waals surface area contributed by atoms with Crippen molar-refractivity contribution in [3.8, 4) is 5.75 Å². The molecule has 1 atom stereocenters. The van der Waals surface area contributed by atoms with E-state index in [4.69, 9.17) is 21.4 Å². The highest BCUT2D eigenvalue weighted by molar-refractivity contribution is 6.31. The predicted octanol–water partition coefficient (Wildman–Crippen LogP) is 3.28. The van der Waals surface area contributed by atoms with Crippen LogP contribution in [0.5, 0.6) is 5.75 Å². The van der Waals surface area contributed by atoms with Crippen molar-refractivity contribution < 1.29 is 14.6 Å². The van der Waals surface area contributed by atoms with Gasteiger partial charge < -0.3 is 9.84 Å². The van der Waals surface area contributed by atoms with Crippen LogP contribution < -0.4 is 4.74 Å². The highest BCUT2D eigenvalue weighted by atomic mass is 35.5. The van der Waals surface area contributed by atoms with Gasteiger partial charge in [0.25, 0.3) is 0 Å². The van der Waals surface area contributed by atoms with Crippen LogP contribution in [-0.4, -0.2) is 17.2 Å². The molecule has 4 heteroatoms.